The van der Waals surface area contributed by atoms with E-state index in [9.17, 15) is 9.59 Å². The minimum Gasteiger partial charge on any atom is -0.451 e. The van der Waals surface area contributed by atoms with Crippen LogP contribution in [0.5, 0.6) is 0 Å². The highest BCUT2D eigenvalue weighted by atomic mass is 35.5. The highest BCUT2D eigenvalue weighted by Gasteiger charge is 2.19. The number of ether oxygens (including phenoxy) is 1. The molecule has 1 heterocycles. The monoisotopic (exact) mass is 364 g/mol. The van der Waals surface area contributed by atoms with Crippen LogP contribution in [0.25, 0.3) is 5.69 Å². The van der Waals surface area contributed by atoms with Gasteiger partial charge in [-0.1, -0.05) is 31.0 Å². The third-order valence-electron chi connectivity index (χ3n) is 3.48. The van der Waals surface area contributed by atoms with Gasteiger partial charge in [-0.15, -0.1) is 5.10 Å². The van der Waals surface area contributed by atoms with E-state index < -0.39 is 5.97 Å². The normalized spacial score (nSPS) is 11.8. The fraction of sp³-hybridized carbons (Fsp3) is 0.412. The van der Waals surface area contributed by atoms with Gasteiger partial charge in [-0.2, -0.15) is 9.90 Å². The first-order valence-electron chi connectivity index (χ1n) is 8.07. The van der Waals surface area contributed by atoms with Gasteiger partial charge in [0.05, 0.1) is 11.4 Å². The van der Waals surface area contributed by atoms with Crippen LogP contribution < -0.4 is 5.32 Å². The van der Waals surface area contributed by atoms with Crippen molar-refractivity contribution in [3.05, 3.63) is 40.7 Å². The molecule has 0 aliphatic carbocycles. The predicted octanol–water partition coefficient (Wildman–Crippen LogP) is 2.69. The molecular formula is C17H21ClN4O3. The van der Waals surface area contributed by atoms with Crippen LogP contribution in [-0.4, -0.2) is 39.5 Å². The van der Waals surface area contributed by atoms with E-state index in [0.717, 1.165) is 12.8 Å². The number of nitrogens with one attached hydrogen (secondary N) is 1. The maximum Gasteiger partial charge on any atom is 0.361 e. The SMILES string of the molecule is CCC[C@@H](C)NC(=O)COC(=O)c1nn(-c2cccc(Cl)c2)nc1C. The Bertz CT molecular complexity index is 760. The fourth-order valence-electron chi connectivity index (χ4n) is 2.30. The largest absolute Gasteiger partial charge is 0.451 e. The summed E-state index contributed by atoms with van der Waals surface area (Å²) in [5.41, 5.74) is 1.10. The van der Waals surface area contributed by atoms with E-state index in [4.69, 9.17) is 16.3 Å². The average Bonchev–Trinajstić information content (AvgIpc) is 2.95. The molecule has 1 aromatic carbocycles. The van der Waals surface area contributed by atoms with E-state index in [1.165, 1.54) is 4.80 Å². The lowest BCUT2D eigenvalue weighted by atomic mass is 10.2. The van der Waals surface area contributed by atoms with Gasteiger partial charge in [0.1, 0.15) is 0 Å². The lowest BCUT2D eigenvalue weighted by molar-refractivity contribution is -0.124. The van der Waals surface area contributed by atoms with Crippen molar-refractivity contribution in [2.75, 3.05) is 6.61 Å². The number of aromatic nitrogens is 3. The summed E-state index contributed by atoms with van der Waals surface area (Å²) < 4.78 is 5.03. The van der Waals surface area contributed by atoms with Crippen LogP contribution in [0, 0.1) is 6.92 Å². The van der Waals surface area contributed by atoms with Crippen molar-refractivity contribution in [3.8, 4) is 5.69 Å². The molecule has 0 fully saturated rings. The molecule has 0 radical (unpaired) electrons. The summed E-state index contributed by atoms with van der Waals surface area (Å²) in [7, 11) is 0. The molecule has 25 heavy (non-hydrogen) atoms. The molecule has 7 nitrogen and oxygen atoms in total. The Morgan fingerprint density at radius 1 is 1.36 bits per heavy atom. The van der Waals surface area contributed by atoms with Crippen LogP contribution in [0.15, 0.2) is 24.3 Å². The van der Waals surface area contributed by atoms with Crippen LogP contribution in [0.3, 0.4) is 0 Å². The second kappa shape index (κ2) is 8.62. The zero-order valence-electron chi connectivity index (χ0n) is 14.5. The topological polar surface area (TPSA) is 86.1 Å². The molecule has 0 aliphatic rings. The van der Waals surface area contributed by atoms with E-state index in [0.29, 0.717) is 16.4 Å². The maximum absolute atomic E-state index is 12.1. The summed E-state index contributed by atoms with van der Waals surface area (Å²) in [4.78, 5) is 25.2. The number of rotatable bonds is 7. The van der Waals surface area contributed by atoms with Gasteiger partial charge in [0.15, 0.2) is 12.3 Å². The summed E-state index contributed by atoms with van der Waals surface area (Å²) in [5.74, 6) is -1.03. The molecule has 134 valence electrons. The van der Waals surface area contributed by atoms with Crippen LogP contribution in [-0.2, 0) is 9.53 Å². The van der Waals surface area contributed by atoms with Gasteiger partial charge >= 0.3 is 5.97 Å². The number of hydrogen-bond acceptors (Lipinski definition) is 5. The first-order valence-corrected chi connectivity index (χ1v) is 8.45. The van der Waals surface area contributed by atoms with Gasteiger partial charge in [-0.25, -0.2) is 4.79 Å². The van der Waals surface area contributed by atoms with Crippen LogP contribution in [0.2, 0.25) is 5.02 Å². The predicted molar refractivity (Wildman–Crippen MR) is 93.9 cm³/mol. The average molecular weight is 365 g/mol. The molecule has 0 saturated carbocycles. The van der Waals surface area contributed by atoms with Crippen molar-refractivity contribution in [3.63, 3.8) is 0 Å². The number of halogens is 1. The van der Waals surface area contributed by atoms with Gasteiger partial charge in [0, 0.05) is 11.1 Å². The minimum atomic E-state index is -0.691. The van der Waals surface area contributed by atoms with Crippen LogP contribution in [0.1, 0.15) is 42.9 Å². The molecule has 1 N–H and O–H groups in total. The highest BCUT2D eigenvalue weighted by Crippen LogP contribution is 2.14. The third kappa shape index (κ3) is 5.29. The maximum atomic E-state index is 12.1. The lowest BCUT2D eigenvalue weighted by Gasteiger charge is -2.12. The molecular weight excluding hydrogens is 344 g/mol. The highest BCUT2D eigenvalue weighted by molar-refractivity contribution is 6.30. The van der Waals surface area contributed by atoms with Crippen molar-refractivity contribution in [1.82, 2.24) is 20.3 Å². The molecule has 0 saturated heterocycles. The lowest BCUT2D eigenvalue weighted by Crippen LogP contribution is -2.35. The van der Waals surface area contributed by atoms with E-state index in [-0.39, 0.29) is 24.2 Å². The number of amides is 1. The second-order valence-electron chi connectivity index (χ2n) is 5.74. The number of carbonyl (C=O) groups excluding carboxylic acids is 2. The second-order valence-corrected chi connectivity index (χ2v) is 6.17. The Labute approximate surface area is 151 Å². The van der Waals surface area contributed by atoms with Crippen LogP contribution >= 0.6 is 11.6 Å². The molecule has 2 rings (SSSR count). The molecule has 0 spiro atoms. The molecule has 1 amide bonds. The summed E-state index contributed by atoms with van der Waals surface area (Å²) in [6.07, 6.45) is 1.83. The number of aryl methyl sites for hydroxylation is 1. The van der Waals surface area contributed by atoms with E-state index in [2.05, 4.69) is 15.5 Å². The Balaban J connectivity index is 1.99. The standard InChI is InChI=1S/C17H21ClN4O3/c1-4-6-11(2)19-15(23)10-25-17(24)16-12(3)20-22(21-16)14-8-5-7-13(18)9-14/h5,7-9,11H,4,6,10H2,1-3H3,(H,19,23)/t11-/m1/s1. The number of hydrogen-bond donors (Lipinski definition) is 1. The van der Waals surface area contributed by atoms with Crippen LogP contribution in [0.4, 0.5) is 0 Å². The molecule has 0 bridgehead atoms. The molecule has 2 aromatic rings. The summed E-state index contributed by atoms with van der Waals surface area (Å²) >= 11 is 5.95. The number of esters is 1. The van der Waals surface area contributed by atoms with Crippen molar-refractivity contribution in [2.24, 2.45) is 0 Å². The van der Waals surface area contributed by atoms with Crippen molar-refractivity contribution >= 4 is 23.5 Å². The quantitative estimate of drug-likeness (QED) is 0.763. The molecule has 1 atom stereocenters. The fourth-order valence-corrected chi connectivity index (χ4v) is 2.49. The van der Waals surface area contributed by atoms with E-state index in [1.807, 2.05) is 13.8 Å². The third-order valence-corrected chi connectivity index (χ3v) is 3.71. The Hall–Kier alpha value is -2.41. The van der Waals surface area contributed by atoms with Gasteiger partial charge in [-0.05, 0) is 38.5 Å². The first-order chi connectivity index (χ1) is 11.9. The summed E-state index contributed by atoms with van der Waals surface area (Å²) in [5, 5.41) is 11.6. The minimum absolute atomic E-state index is 0.0432. The first kappa shape index (κ1) is 18.9. The van der Waals surface area contributed by atoms with Crippen molar-refractivity contribution in [2.45, 2.75) is 39.7 Å². The van der Waals surface area contributed by atoms with Gasteiger partial charge in [0.25, 0.3) is 5.91 Å². The van der Waals surface area contributed by atoms with Gasteiger partial charge < -0.3 is 10.1 Å². The molecule has 8 heteroatoms. The number of nitrogens with zero attached hydrogens (tertiary/aromatic N) is 3. The Morgan fingerprint density at radius 2 is 2.12 bits per heavy atom. The van der Waals surface area contributed by atoms with Crippen molar-refractivity contribution in [1.29, 1.82) is 0 Å². The Morgan fingerprint density at radius 3 is 2.80 bits per heavy atom. The number of carbonyl (C=O) groups is 2. The summed E-state index contributed by atoms with van der Waals surface area (Å²) in [6.45, 7) is 5.24. The zero-order valence-corrected chi connectivity index (χ0v) is 15.2. The molecule has 0 unspecified atom stereocenters. The smallest absolute Gasteiger partial charge is 0.361 e. The number of benzene rings is 1. The summed E-state index contributed by atoms with van der Waals surface area (Å²) in [6, 6.07) is 6.98. The zero-order chi connectivity index (χ0) is 18.4. The van der Waals surface area contributed by atoms with Gasteiger partial charge in [-0.3, -0.25) is 4.79 Å². The van der Waals surface area contributed by atoms with Crippen molar-refractivity contribution < 1.29 is 14.3 Å². The van der Waals surface area contributed by atoms with E-state index >= 15 is 0 Å². The van der Waals surface area contributed by atoms with Gasteiger partial charge in [0.2, 0.25) is 0 Å². The molecule has 1 aromatic heterocycles. The molecule has 0 aliphatic heterocycles. The Kier molecular flexibility index (Phi) is 6.52. The van der Waals surface area contributed by atoms with E-state index in [1.54, 1.807) is 31.2 Å².